The molecule has 0 atom stereocenters. The molecule has 6 heteroatoms. The smallest absolute Gasteiger partial charge is 0.191 e. The molecule has 0 spiro atoms. The van der Waals surface area contributed by atoms with Gasteiger partial charge < -0.3 is 24.8 Å². The summed E-state index contributed by atoms with van der Waals surface area (Å²) in [6.07, 6.45) is 6.26. The van der Waals surface area contributed by atoms with Crippen LogP contribution in [0.1, 0.15) is 51.5 Å². The van der Waals surface area contributed by atoms with E-state index >= 15 is 0 Å². The van der Waals surface area contributed by atoms with Crippen molar-refractivity contribution in [1.29, 1.82) is 0 Å². The zero-order chi connectivity index (χ0) is 20.2. The molecule has 0 saturated heterocycles. The van der Waals surface area contributed by atoms with Gasteiger partial charge in [-0.3, -0.25) is 4.99 Å². The van der Waals surface area contributed by atoms with Gasteiger partial charge in [-0.05, 0) is 56.2 Å². The van der Waals surface area contributed by atoms with E-state index < -0.39 is 0 Å². The van der Waals surface area contributed by atoms with E-state index in [-0.39, 0.29) is 0 Å². The van der Waals surface area contributed by atoms with E-state index in [1.807, 2.05) is 32.2 Å². The molecule has 1 aromatic carbocycles. The van der Waals surface area contributed by atoms with Crippen molar-refractivity contribution in [2.45, 2.75) is 52.5 Å². The van der Waals surface area contributed by atoms with Gasteiger partial charge in [0.05, 0.1) is 13.7 Å². The Labute approximate surface area is 170 Å². The molecule has 1 aliphatic carbocycles. The van der Waals surface area contributed by atoms with Crippen molar-refractivity contribution in [1.82, 2.24) is 10.6 Å². The summed E-state index contributed by atoms with van der Waals surface area (Å²) in [7, 11) is 3.48. The Morgan fingerprint density at radius 1 is 1.11 bits per heavy atom. The van der Waals surface area contributed by atoms with Crippen LogP contribution in [0.25, 0.3) is 0 Å². The minimum absolute atomic E-state index is 0.329. The third-order valence-electron chi connectivity index (χ3n) is 5.49. The van der Waals surface area contributed by atoms with E-state index in [1.165, 1.54) is 25.7 Å². The van der Waals surface area contributed by atoms with Crippen LogP contribution in [0.3, 0.4) is 0 Å². The van der Waals surface area contributed by atoms with Crippen molar-refractivity contribution in [3.8, 4) is 11.5 Å². The number of hydrogen-bond donors (Lipinski definition) is 2. The van der Waals surface area contributed by atoms with Gasteiger partial charge in [0.2, 0.25) is 0 Å². The van der Waals surface area contributed by atoms with Gasteiger partial charge in [0.25, 0.3) is 0 Å². The summed E-state index contributed by atoms with van der Waals surface area (Å²) in [5.41, 5.74) is 1.45. The monoisotopic (exact) mass is 391 g/mol. The van der Waals surface area contributed by atoms with E-state index in [9.17, 15) is 0 Å². The fourth-order valence-electron chi connectivity index (χ4n) is 3.85. The van der Waals surface area contributed by atoms with Crippen LogP contribution in [0.4, 0.5) is 0 Å². The first-order chi connectivity index (χ1) is 13.7. The molecule has 6 nitrogen and oxygen atoms in total. The van der Waals surface area contributed by atoms with Gasteiger partial charge in [0.15, 0.2) is 17.5 Å². The van der Waals surface area contributed by atoms with Crippen molar-refractivity contribution in [2.75, 3.05) is 40.5 Å². The van der Waals surface area contributed by atoms with Gasteiger partial charge in [-0.1, -0.05) is 18.9 Å². The molecule has 2 N–H and O–H groups in total. The molecule has 0 aliphatic heterocycles. The average Bonchev–Trinajstić information content (AvgIpc) is 3.18. The first kappa shape index (κ1) is 22.3. The Bertz CT molecular complexity index is 613. The number of benzene rings is 1. The van der Waals surface area contributed by atoms with Crippen LogP contribution in [-0.4, -0.2) is 46.5 Å². The average molecular weight is 392 g/mol. The lowest BCUT2D eigenvalue weighted by Crippen LogP contribution is -2.43. The highest BCUT2D eigenvalue weighted by atomic mass is 16.5. The predicted molar refractivity (Wildman–Crippen MR) is 114 cm³/mol. The SMILES string of the molecule is CCOCCC1(CNC(=NC)NCc2ccc(OCC)c(OC)c2)CCCC1. The standard InChI is InChI=1S/C22H37N3O3/c1-5-27-14-13-22(11-7-8-12-22)17-25-21(23-3)24-16-18-9-10-19(28-6-2)20(15-18)26-4/h9-10,15H,5-8,11-14,16-17H2,1-4H3,(H2,23,24,25). The second-order valence-electron chi connectivity index (χ2n) is 7.35. The molecule has 2 rings (SSSR count). The molecule has 0 amide bonds. The van der Waals surface area contributed by atoms with E-state index in [0.717, 1.165) is 49.2 Å². The third kappa shape index (κ3) is 6.59. The van der Waals surface area contributed by atoms with Crippen LogP contribution in [0.15, 0.2) is 23.2 Å². The van der Waals surface area contributed by atoms with Crippen molar-refractivity contribution in [3.05, 3.63) is 23.8 Å². The highest BCUT2D eigenvalue weighted by molar-refractivity contribution is 5.79. The topological polar surface area (TPSA) is 64.1 Å². The molecule has 1 saturated carbocycles. The van der Waals surface area contributed by atoms with Gasteiger partial charge in [0, 0.05) is 33.4 Å². The first-order valence-electron chi connectivity index (χ1n) is 10.5. The van der Waals surface area contributed by atoms with Gasteiger partial charge in [-0.15, -0.1) is 0 Å². The molecular formula is C22H37N3O3. The normalized spacial score (nSPS) is 16.1. The van der Waals surface area contributed by atoms with Gasteiger partial charge >= 0.3 is 0 Å². The van der Waals surface area contributed by atoms with Gasteiger partial charge in [-0.25, -0.2) is 0 Å². The Kier molecular flexibility index (Phi) is 9.41. The molecule has 0 unspecified atom stereocenters. The van der Waals surface area contributed by atoms with E-state index in [2.05, 4.69) is 22.5 Å². The van der Waals surface area contributed by atoms with Crippen LogP contribution in [-0.2, 0) is 11.3 Å². The molecule has 0 bridgehead atoms. The summed E-state index contributed by atoms with van der Waals surface area (Å²) in [6, 6.07) is 6.01. The number of nitrogens with zero attached hydrogens (tertiary/aromatic N) is 1. The summed E-state index contributed by atoms with van der Waals surface area (Å²) in [5.74, 6) is 2.36. The van der Waals surface area contributed by atoms with Gasteiger partial charge in [0.1, 0.15) is 0 Å². The lowest BCUT2D eigenvalue weighted by molar-refractivity contribution is 0.105. The number of guanidine groups is 1. The maximum Gasteiger partial charge on any atom is 0.191 e. The summed E-state index contributed by atoms with van der Waals surface area (Å²) < 4.78 is 16.6. The number of aliphatic imine (C=N–C) groups is 1. The largest absolute Gasteiger partial charge is 0.493 e. The second-order valence-corrected chi connectivity index (χ2v) is 7.35. The van der Waals surface area contributed by atoms with Crippen LogP contribution in [0.2, 0.25) is 0 Å². The van der Waals surface area contributed by atoms with Crippen LogP contribution < -0.4 is 20.1 Å². The molecule has 28 heavy (non-hydrogen) atoms. The maximum absolute atomic E-state index is 5.61. The molecule has 1 aliphatic rings. The highest BCUT2D eigenvalue weighted by Crippen LogP contribution is 2.40. The molecule has 1 fully saturated rings. The summed E-state index contributed by atoms with van der Waals surface area (Å²) in [6.45, 7) is 7.89. The van der Waals surface area contributed by atoms with Crippen molar-refractivity contribution < 1.29 is 14.2 Å². The van der Waals surface area contributed by atoms with E-state index in [1.54, 1.807) is 7.11 Å². The number of rotatable bonds is 11. The van der Waals surface area contributed by atoms with Crippen LogP contribution in [0.5, 0.6) is 11.5 Å². The molecule has 0 radical (unpaired) electrons. The maximum atomic E-state index is 5.61. The summed E-state index contributed by atoms with van der Waals surface area (Å²) in [5, 5.41) is 6.95. The molecule has 158 valence electrons. The zero-order valence-electron chi connectivity index (χ0n) is 18.0. The Morgan fingerprint density at radius 2 is 1.89 bits per heavy atom. The number of nitrogens with one attached hydrogen (secondary N) is 2. The summed E-state index contributed by atoms with van der Waals surface area (Å²) in [4.78, 5) is 4.39. The molecule has 0 heterocycles. The Balaban J connectivity index is 1.88. The lowest BCUT2D eigenvalue weighted by atomic mass is 9.83. The number of ether oxygens (including phenoxy) is 3. The van der Waals surface area contributed by atoms with E-state index in [0.29, 0.717) is 18.6 Å². The Morgan fingerprint density at radius 3 is 2.54 bits per heavy atom. The van der Waals surface area contributed by atoms with Crippen molar-refractivity contribution in [3.63, 3.8) is 0 Å². The van der Waals surface area contributed by atoms with Gasteiger partial charge in [-0.2, -0.15) is 0 Å². The van der Waals surface area contributed by atoms with Crippen LogP contribution >= 0.6 is 0 Å². The van der Waals surface area contributed by atoms with Crippen LogP contribution in [0, 0.1) is 5.41 Å². The highest BCUT2D eigenvalue weighted by Gasteiger charge is 2.33. The second kappa shape index (κ2) is 11.8. The molecule has 1 aromatic rings. The minimum atomic E-state index is 0.329. The van der Waals surface area contributed by atoms with E-state index in [4.69, 9.17) is 14.2 Å². The third-order valence-corrected chi connectivity index (χ3v) is 5.49. The fourth-order valence-corrected chi connectivity index (χ4v) is 3.85. The Hall–Kier alpha value is -1.95. The first-order valence-corrected chi connectivity index (χ1v) is 10.5. The minimum Gasteiger partial charge on any atom is -0.493 e. The fraction of sp³-hybridized carbons (Fsp3) is 0.682. The van der Waals surface area contributed by atoms with Crippen molar-refractivity contribution in [2.24, 2.45) is 10.4 Å². The number of methoxy groups -OCH3 is 1. The quantitative estimate of drug-likeness (QED) is 0.342. The molecule has 0 aromatic heterocycles. The zero-order valence-corrected chi connectivity index (χ0v) is 18.0. The molecular weight excluding hydrogens is 354 g/mol. The lowest BCUT2D eigenvalue weighted by Gasteiger charge is -2.30. The van der Waals surface area contributed by atoms with Crippen molar-refractivity contribution >= 4 is 5.96 Å². The predicted octanol–water partition coefficient (Wildman–Crippen LogP) is 3.75. The summed E-state index contributed by atoms with van der Waals surface area (Å²) >= 11 is 0. The number of hydrogen-bond acceptors (Lipinski definition) is 4.